The van der Waals surface area contributed by atoms with Gasteiger partial charge in [0.25, 0.3) is 0 Å². The van der Waals surface area contributed by atoms with Crippen LogP contribution in [-0.2, 0) is 0 Å². The number of benzene rings is 6. The minimum atomic E-state index is 1.15. The largest absolute Gasteiger partial charge is 0.309 e. The van der Waals surface area contributed by atoms with Gasteiger partial charge in [-0.2, -0.15) is 0 Å². The first-order valence-electron chi connectivity index (χ1n) is 13.7. The second kappa shape index (κ2) is 9.14. The Kier molecular flexibility index (Phi) is 5.17. The van der Waals surface area contributed by atoms with Crippen LogP contribution in [0.25, 0.3) is 50.8 Å². The van der Waals surface area contributed by atoms with Gasteiger partial charge in [0.15, 0.2) is 0 Å². The zero-order valence-electron chi connectivity index (χ0n) is 21.9. The zero-order chi connectivity index (χ0) is 26.5. The minimum absolute atomic E-state index is 1.15. The van der Waals surface area contributed by atoms with Crippen LogP contribution < -0.4 is 4.90 Å². The van der Waals surface area contributed by atoms with E-state index in [2.05, 4.69) is 167 Å². The molecule has 2 nitrogen and oxygen atoms in total. The van der Waals surface area contributed by atoms with Crippen molar-refractivity contribution in [2.75, 3.05) is 4.90 Å². The van der Waals surface area contributed by atoms with E-state index in [9.17, 15) is 0 Å². The van der Waals surface area contributed by atoms with Gasteiger partial charge in [-0.15, -0.1) is 0 Å². The van der Waals surface area contributed by atoms with E-state index in [0.29, 0.717) is 0 Å². The lowest BCUT2D eigenvalue weighted by Crippen LogP contribution is -2.11. The second-order valence-corrected chi connectivity index (χ2v) is 10.2. The summed E-state index contributed by atoms with van der Waals surface area (Å²) in [5.41, 5.74) is 12.0. The summed E-state index contributed by atoms with van der Waals surface area (Å²) >= 11 is 0. The van der Waals surface area contributed by atoms with Crippen molar-refractivity contribution in [2.45, 2.75) is 0 Å². The lowest BCUT2D eigenvalue weighted by atomic mass is 10.0. The topological polar surface area (TPSA) is 8.17 Å². The highest BCUT2D eigenvalue weighted by molar-refractivity contribution is 6.09. The highest BCUT2D eigenvalue weighted by atomic mass is 15.1. The summed E-state index contributed by atoms with van der Waals surface area (Å²) in [4.78, 5) is 2.36. The third kappa shape index (κ3) is 3.58. The van der Waals surface area contributed by atoms with Crippen LogP contribution in [0.5, 0.6) is 0 Å². The van der Waals surface area contributed by atoms with Crippen molar-refractivity contribution in [3.8, 4) is 16.8 Å². The molecule has 0 fully saturated rings. The van der Waals surface area contributed by atoms with E-state index in [1.54, 1.807) is 0 Å². The van der Waals surface area contributed by atoms with Gasteiger partial charge in [0.05, 0.1) is 22.4 Å². The van der Waals surface area contributed by atoms with Gasteiger partial charge in [-0.25, -0.2) is 0 Å². The molecule has 0 saturated heterocycles. The molecular formula is C38H26N2. The molecule has 0 N–H and O–H groups in total. The van der Waals surface area contributed by atoms with Crippen LogP contribution in [0, 0.1) is 0 Å². The van der Waals surface area contributed by atoms with Crippen molar-refractivity contribution in [3.63, 3.8) is 0 Å². The van der Waals surface area contributed by atoms with E-state index in [0.717, 1.165) is 5.69 Å². The van der Waals surface area contributed by atoms with Crippen LogP contribution in [0.2, 0.25) is 0 Å². The summed E-state index contributed by atoms with van der Waals surface area (Å²) in [5.74, 6) is 0. The maximum atomic E-state index is 2.36. The van der Waals surface area contributed by atoms with Crippen molar-refractivity contribution in [2.24, 2.45) is 0 Å². The normalized spacial score (nSPS) is 12.3. The standard InChI is InChI=1S/C38H26N2/c1-5-13-35-29(9-1)17-18-30-10-2-6-14-36(30)39(35)31-23-19-27(20-24-31)28-21-25-32(26-22-28)40-37-15-7-3-11-33(37)34-12-4-8-16-38(34)40/h1-26H. The molecule has 40 heavy (non-hydrogen) atoms. The number of nitrogens with zero attached hydrogens (tertiary/aromatic N) is 2. The van der Waals surface area contributed by atoms with Gasteiger partial charge in [0, 0.05) is 22.1 Å². The molecule has 1 aliphatic heterocycles. The molecule has 188 valence electrons. The van der Waals surface area contributed by atoms with Gasteiger partial charge >= 0.3 is 0 Å². The number of anilines is 3. The predicted molar refractivity (Wildman–Crippen MR) is 170 cm³/mol. The smallest absolute Gasteiger partial charge is 0.0541 e. The number of para-hydroxylation sites is 4. The predicted octanol–water partition coefficient (Wildman–Crippen LogP) is 10.4. The van der Waals surface area contributed by atoms with Crippen LogP contribution in [0.3, 0.4) is 0 Å². The van der Waals surface area contributed by atoms with E-state index < -0.39 is 0 Å². The van der Waals surface area contributed by atoms with Gasteiger partial charge in [0.1, 0.15) is 0 Å². The second-order valence-electron chi connectivity index (χ2n) is 10.2. The fraction of sp³-hybridized carbons (Fsp3) is 0. The number of fused-ring (bicyclic) bond motifs is 5. The Morgan fingerprint density at radius 2 is 0.775 bits per heavy atom. The molecule has 0 radical (unpaired) electrons. The third-order valence-corrected chi connectivity index (χ3v) is 7.96. The van der Waals surface area contributed by atoms with Crippen molar-refractivity contribution >= 4 is 51.0 Å². The Bertz CT molecular complexity index is 1940. The van der Waals surface area contributed by atoms with E-state index in [1.165, 1.54) is 61.1 Å². The maximum absolute atomic E-state index is 2.36. The average Bonchev–Trinajstić information content (AvgIpc) is 3.26. The van der Waals surface area contributed by atoms with Crippen molar-refractivity contribution in [1.29, 1.82) is 0 Å². The lowest BCUT2D eigenvalue weighted by Gasteiger charge is -2.27. The first-order valence-corrected chi connectivity index (χ1v) is 13.7. The number of rotatable bonds is 3. The number of hydrogen-bond acceptors (Lipinski definition) is 1. The fourth-order valence-corrected chi connectivity index (χ4v) is 6.06. The van der Waals surface area contributed by atoms with Gasteiger partial charge in [-0.05, 0) is 70.8 Å². The molecule has 0 atom stereocenters. The highest BCUT2D eigenvalue weighted by Crippen LogP contribution is 2.42. The molecular weight excluding hydrogens is 484 g/mol. The molecule has 8 rings (SSSR count). The molecule has 1 aliphatic rings. The first-order chi connectivity index (χ1) is 19.8. The van der Waals surface area contributed by atoms with Crippen molar-refractivity contribution in [1.82, 2.24) is 4.57 Å². The number of aromatic nitrogens is 1. The SMILES string of the molecule is C1=Cc2ccccc2N(c2ccc(-c3ccc(-n4c5ccccc5c5ccccc54)cc3)cc2)c2ccccc21. The Labute approximate surface area is 233 Å². The molecule has 7 aromatic rings. The molecule has 0 bridgehead atoms. The molecule has 0 spiro atoms. The van der Waals surface area contributed by atoms with Crippen LogP contribution in [-0.4, -0.2) is 4.57 Å². The summed E-state index contributed by atoms with van der Waals surface area (Å²) in [5, 5.41) is 2.56. The zero-order valence-corrected chi connectivity index (χ0v) is 21.9. The Morgan fingerprint density at radius 3 is 1.30 bits per heavy atom. The van der Waals surface area contributed by atoms with Gasteiger partial charge < -0.3 is 9.47 Å². The summed E-state index contributed by atoms with van der Waals surface area (Å²) < 4.78 is 2.36. The third-order valence-electron chi connectivity index (χ3n) is 7.96. The van der Waals surface area contributed by atoms with E-state index in [1.807, 2.05) is 0 Å². The summed E-state index contributed by atoms with van der Waals surface area (Å²) in [6.45, 7) is 0. The monoisotopic (exact) mass is 510 g/mol. The lowest BCUT2D eigenvalue weighted by molar-refractivity contribution is 1.18. The quantitative estimate of drug-likeness (QED) is 0.229. The van der Waals surface area contributed by atoms with Crippen LogP contribution in [0.15, 0.2) is 146 Å². The van der Waals surface area contributed by atoms with Crippen molar-refractivity contribution in [3.05, 3.63) is 157 Å². The molecule has 0 aliphatic carbocycles. The van der Waals surface area contributed by atoms with Crippen LogP contribution in [0.4, 0.5) is 17.1 Å². The van der Waals surface area contributed by atoms with E-state index >= 15 is 0 Å². The first kappa shape index (κ1) is 22.6. The van der Waals surface area contributed by atoms with E-state index in [-0.39, 0.29) is 0 Å². The molecule has 2 heteroatoms. The molecule has 1 aromatic heterocycles. The van der Waals surface area contributed by atoms with Gasteiger partial charge in [0.2, 0.25) is 0 Å². The average molecular weight is 511 g/mol. The molecule has 0 unspecified atom stereocenters. The summed E-state index contributed by atoms with van der Waals surface area (Å²) in [7, 11) is 0. The maximum Gasteiger partial charge on any atom is 0.0541 e. The fourth-order valence-electron chi connectivity index (χ4n) is 6.06. The highest BCUT2D eigenvalue weighted by Gasteiger charge is 2.19. The summed E-state index contributed by atoms with van der Waals surface area (Å²) in [6.07, 6.45) is 4.42. The number of hydrogen-bond donors (Lipinski definition) is 0. The Morgan fingerprint density at radius 1 is 0.350 bits per heavy atom. The molecule has 0 amide bonds. The van der Waals surface area contributed by atoms with E-state index in [4.69, 9.17) is 0 Å². The Balaban J connectivity index is 1.17. The van der Waals surface area contributed by atoms with Crippen LogP contribution in [0.1, 0.15) is 11.1 Å². The molecule has 0 saturated carbocycles. The van der Waals surface area contributed by atoms with Crippen LogP contribution >= 0.6 is 0 Å². The molecule has 2 heterocycles. The summed E-state index contributed by atoms with van der Waals surface area (Å²) in [6, 6.07) is 52.3. The van der Waals surface area contributed by atoms with Gasteiger partial charge in [-0.1, -0.05) is 109 Å². The van der Waals surface area contributed by atoms with Gasteiger partial charge in [-0.3, -0.25) is 0 Å². The molecule has 6 aromatic carbocycles. The Hall–Kier alpha value is -5.34. The minimum Gasteiger partial charge on any atom is -0.309 e. The van der Waals surface area contributed by atoms with Crippen molar-refractivity contribution < 1.29 is 0 Å².